The first-order valence-electron chi connectivity index (χ1n) is 10.6. The zero-order valence-electron chi connectivity index (χ0n) is 17.7. The maximum atomic E-state index is 13.9. The lowest BCUT2D eigenvalue weighted by atomic mass is 9.97. The summed E-state index contributed by atoms with van der Waals surface area (Å²) in [5.41, 5.74) is 0.658. The molecule has 0 bridgehead atoms. The Hall–Kier alpha value is -2.30. The fourth-order valence-electron chi connectivity index (χ4n) is 4.30. The van der Waals surface area contributed by atoms with Crippen LogP contribution in [0.5, 0.6) is 0 Å². The molecule has 10 heteroatoms. The summed E-state index contributed by atoms with van der Waals surface area (Å²) in [6.07, 6.45) is 4.17. The number of aromatic nitrogens is 2. The number of piperazine rings is 1. The maximum absolute atomic E-state index is 13.9. The van der Waals surface area contributed by atoms with Crippen molar-refractivity contribution in [1.29, 1.82) is 0 Å². The van der Waals surface area contributed by atoms with E-state index in [-0.39, 0.29) is 29.1 Å². The Kier molecular flexibility index (Phi) is 6.40. The maximum Gasteiger partial charge on any atom is 0.246 e. The molecule has 4 rings (SSSR count). The predicted octanol–water partition coefficient (Wildman–Crippen LogP) is 1.30. The molecule has 1 amide bonds. The molecule has 0 N–H and O–H groups in total. The van der Waals surface area contributed by atoms with Gasteiger partial charge in [0.25, 0.3) is 0 Å². The zero-order chi connectivity index (χ0) is 22.0. The van der Waals surface area contributed by atoms with Crippen molar-refractivity contribution in [2.75, 3.05) is 39.3 Å². The van der Waals surface area contributed by atoms with Gasteiger partial charge in [-0.05, 0) is 18.9 Å². The average Bonchev–Trinajstić information content (AvgIpc) is 3.23. The minimum atomic E-state index is -3.65. The summed E-state index contributed by atoms with van der Waals surface area (Å²) in [6.45, 7) is 3.62. The highest BCUT2D eigenvalue weighted by Crippen LogP contribution is 2.25. The van der Waals surface area contributed by atoms with Crippen LogP contribution in [0.25, 0.3) is 0 Å². The van der Waals surface area contributed by atoms with Crippen molar-refractivity contribution in [3.63, 3.8) is 0 Å². The molecule has 168 valence electrons. The van der Waals surface area contributed by atoms with Gasteiger partial charge in [-0.2, -0.15) is 9.40 Å². The lowest BCUT2D eigenvalue weighted by Crippen LogP contribution is -2.52. The van der Waals surface area contributed by atoms with Crippen LogP contribution in [0.1, 0.15) is 18.4 Å². The molecule has 0 aliphatic carbocycles. The lowest BCUT2D eigenvalue weighted by Gasteiger charge is -2.38. The zero-order valence-corrected chi connectivity index (χ0v) is 18.5. The Morgan fingerprint density at radius 2 is 1.90 bits per heavy atom. The highest BCUT2D eigenvalue weighted by Gasteiger charge is 2.36. The Bertz CT molecular complexity index is 1030. The second kappa shape index (κ2) is 9.05. The van der Waals surface area contributed by atoms with E-state index in [1.54, 1.807) is 19.2 Å². The lowest BCUT2D eigenvalue weighted by molar-refractivity contribution is -0.138. The number of carbonyl (C=O) groups is 1. The molecule has 2 aromatic rings. The van der Waals surface area contributed by atoms with Crippen molar-refractivity contribution in [1.82, 2.24) is 23.9 Å². The topological polar surface area (TPSA) is 78.8 Å². The van der Waals surface area contributed by atoms with E-state index in [0.29, 0.717) is 57.7 Å². The SMILES string of the molecule is Cn1cc(S(=O)(=O)N2CCCC(C(=O)N3CCN(Cc4ccccc4F)CC3)C2)cn1. The van der Waals surface area contributed by atoms with E-state index >= 15 is 0 Å². The monoisotopic (exact) mass is 449 g/mol. The van der Waals surface area contributed by atoms with Crippen LogP contribution in [0, 0.1) is 11.7 Å². The van der Waals surface area contributed by atoms with Gasteiger partial charge in [0, 0.05) is 64.6 Å². The minimum absolute atomic E-state index is 0.0108. The Morgan fingerprint density at radius 1 is 1.16 bits per heavy atom. The molecule has 0 radical (unpaired) electrons. The first-order chi connectivity index (χ1) is 14.8. The number of amides is 1. The highest BCUT2D eigenvalue weighted by molar-refractivity contribution is 7.89. The van der Waals surface area contributed by atoms with Crippen molar-refractivity contribution >= 4 is 15.9 Å². The van der Waals surface area contributed by atoms with E-state index in [1.807, 2.05) is 11.0 Å². The molecule has 3 heterocycles. The number of sulfonamides is 1. The van der Waals surface area contributed by atoms with Crippen molar-refractivity contribution in [3.8, 4) is 0 Å². The number of hydrogen-bond acceptors (Lipinski definition) is 5. The number of benzene rings is 1. The molecular formula is C21H28FN5O3S. The van der Waals surface area contributed by atoms with Crippen molar-refractivity contribution in [3.05, 3.63) is 48.0 Å². The molecule has 8 nitrogen and oxygen atoms in total. The van der Waals surface area contributed by atoms with Gasteiger partial charge in [0.2, 0.25) is 15.9 Å². The van der Waals surface area contributed by atoms with E-state index in [1.165, 1.54) is 27.4 Å². The molecule has 2 fully saturated rings. The number of nitrogens with zero attached hydrogens (tertiary/aromatic N) is 5. The summed E-state index contributed by atoms with van der Waals surface area (Å²) in [4.78, 5) is 17.2. The third-order valence-corrected chi connectivity index (χ3v) is 7.91. The third-order valence-electron chi connectivity index (χ3n) is 6.09. The summed E-state index contributed by atoms with van der Waals surface area (Å²) in [6, 6.07) is 6.75. The number of rotatable bonds is 5. The molecule has 1 aromatic heterocycles. The molecule has 0 spiro atoms. The molecule has 2 aliphatic rings. The van der Waals surface area contributed by atoms with Crippen LogP contribution in [-0.2, 0) is 28.4 Å². The van der Waals surface area contributed by atoms with E-state index < -0.39 is 10.0 Å². The Morgan fingerprint density at radius 3 is 2.58 bits per heavy atom. The van der Waals surface area contributed by atoms with Crippen LogP contribution in [0.2, 0.25) is 0 Å². The molecule has 0 saturated carbocycles. The van der Waals surface area contributed by atoms with Gasteiger partial charge >= 0.3 is 0 Å². The van der Waals surface area contributed by atoms with Crippen LogP contribution >= 0.6 is 0 Å². The van der Waals surface area contributed by atoms with Gasteiger partial charge in [0.15, 0.2) is 0 Å². The molecule has 2 aliphatic heterocycles. The number of piperidine rings is 1. The van der Waals surface area contributed by atoms with Gasteiger partial charge in [0.1, 0.15) is 10.7 Å². The molecule has 1 aromatic carbocycles. The van der Waals surface area contributed by atoms with Gasteiger partial charge in [-0.3, -0.25) is 14.4 Å². The van der Waals surface area contributed by atoms with Gasteiger partial charge in [-0.15, -0.1) is 0 Å². The van der Waals surface area contributed by atoms with Crippen LogP contribution < -0.4 is 0 Å². The number of carbonyl (C=O) groups excluding carboxylic acids is 1. The standard InChI is InChI=1S/C21H28FN5O3S/c1-24-16-19(13-23-24)31(29,30)27-8-4-6-18(15-27)21(28)26-11-9-25(10-12-26)14-17-5-2-3-7-20(17)22/h2-3,5,7,13,16,18H,4,6,8-12,14-15H2,1H3. The van der Waals surface area contributed by atoms with Crippen LogP contribution in [0.15, 0.2) is 41.6 Å². The molecule has 1 unspecified atom stereocenters. The summed E-state index contributed by atoms with van der Waals surface area (Å²) < 4.78 is 42.6. The van der Waals surface area contributed by atoms with Crippen molar-refractivity contribution < 1.29 is 17.6 Å². The summed E-state index contributed by atoms with van der Waals surface area (Å²) >= 11 is 0. The van der Waals surface area contributed by atoms with E-state index in [9.17, 15) is 17.6 Å². The number of hydrogen-bond donors (Lipinski definition) is 0. The molecule has 31 heavy (non-hydrogen) atoms. The Balaban J connectivity index is 1.34. The highest BCUT2D eigenvalue weighted by atomic mass is 32.2. The number of halogens is 1. The van der Waals surface area contributed by atoms with Gasteiger partial charge < -0.3 is 4.90 Å². The van der Waals surface area contributed by atoms with Crippen LogP contribution in [-0.4, -0.2) is 77.5 Å². The Labute approximate surface area is 182 Å². The first kappa shape index (κ1) is 21.9. The fraction of sp³-hybridized carbons (Fsp3) is 0.524. The van der Waals surface area contributed by atoms with Crippen molar-refractivity contribution in [2.24, 2.45) is 13.0 Å². The van der Waals surface area contributed by atoms with E-state index in [4.69, 9.17) is 0 Å². The first-order valence-corrected chi connectivity index (χ1v) is 12.0. The smallest absolute Gasteiger partial charge is 0.246 e. The quantitative estimate of drug-likeness (QED) is 0.688. The molecule has 1 atom stereocenters. The third kappa shape index (κ3) is 4.81. The van der Waals surface area contributed by atoms with E-state index in [0.717, 1.165) is 0 Å². The van der Waals surface area contributed by atoms with Crippen LogP contribution in [0.4, 0.5) is 4.39 Å². The van der Waals surface area contributed by atoms with Crippen molar-refractivity contribution in [2.45, 2.75) is 24.3 Å². The fourth-order valence-corrected chi connectivity index (χ4v) is 5.81. The average molecular weight is 450 g/mol. The van der Waals surface area contributed by atoms with Crippen LogP contribution in [0.3, 0.4) is 0 Å². The summed E-state index contributed by atoms with van der Waals surface area (Å²) in [7, 11) is -1.98. The van der Waals surface area contributed by atoms with Gasteiger partial charge in [-0.25, -0.2) is 12.8 Å². The van der Waals surface area contributed by atoms with Gasteiger partial charge in [0.05, 0.1) is 12.1 Å². The second-order valence-electron chi connectivity index (χ2n) is 8.24. The second-order valence-corrected chi connectivity index (χ2v) is 10.2. The number of aryl methyl sites for hydroxylation is 1. The molecule has 2 saturated heterocycles. The predicted molar refractivity (Wildman–Crippen MR) is 113 cm³/mol. The largest absolute Gasteiger partial charge is 0.340 e. The van der Waals surface area contributed by atoms with Gasteiger partial charge in [-0.1, -0.05) is 18.2 Å². The van der Waals surface area contributed by atoms with E-state index in [2.05, 4.69) is 10.00 Å². The summed E-state index contributed by atoms with van der Waals surface area (Å²) in [5, 5.41) is 3.96. The minimum Gasteiger partial charge on any atom is -0.340 e. The summed E-state index contributed by atoms with van der Waals surface area (Å²) in [5.74, 6) is -0.534. The molecular weight excluding hydrogens is 421 g/mol. The normalized spacial score (nSPS) is 21.4.